The Morgan fingerprint density at radius 2 is 1.84 bits per heavy atom. The van der Waals surface area contributed by atoms with Crippen LogP contribution >= 0.6 is 0 Å². The van der Waals surface area contributed by atoms with E-state index in [0.29, 0.717) is 48.9 Å². The highest BCUT2D eigenvalue weighted by atomic mass is 19.2. The molecule has 0 aromatic carbocycles. The van der Waals surface area contributed by atoms with Gasteiger partial charge in [0.2, 0.25) is 0 Å². The molecular formula is C27H44F2O2. The van der Waals surface area contributed by atoms with Gasteiger partial charge in [-0.3, -0.25) is 0 Å². The van der Waals surface area contributed by atoms with Gasteiger partial charge in [-0.2, -0.15) is 0 Å². The molecule has 4 aliphatic carbocycles. The number of alkyl halides is 2. The van der Waals surface area contributed by atoms with Gasteiger partial charge in [0.1, 0.15) is 11.8 Å². The van der Waals surface area contributed by atoms with E-state index in [2.05, 4.69) is 26.8 Å². The van der Waals surface area contributed by atoms with Crippen LogP contribution in [0.25, 0.3) is 0 Å². The summed E-state index contributed by atoms with van der Waals surface area (Å²) in [5.41, 5.74) is -0.398. The average molecular weight is 439 g/mol. The standard InChI is InChI=1S/C27H44F2O2/c1-16(6-11-23(28)25(2,3)29)20-9-10-21-19-8-7-17-14-18(30)15-24(31)27(17,5)22(19)12-13-26(20,21)4/h7,16,18-24,30-31H,6,8-15H2,1-5H3/t16-,18-,19+,20-,21+,22+,23?,24+,26-,27+/m1/s1. The molecule has 4 rings (SSSR count). The van der Waals surface area contributed by atoms with E-state index < -0.39 is 24.0 Å². The molecular weight excluding hydrogens is 394 g/mol. The molecule has 0 radical (unpaired) electrons. The minimum Gasteiger partial charge on any atom is -0.393 e. The van der Waals surface area contributed by atoms with Crippen molar-refractivity contribution in [2.24, 2.45) is 40.4 Å². The lowest BCUT2D eigenvalue weighted by Crippen LogP contribution is -2.55. The van der Waals surface area contributed by atoms with Crippen molar-refractivity contribution in [1.82, 2.24) is 0 Å². The molecule has 1 unspecified atom stereocenters. The van der Waals surface area contributed by atoms with Crippen LogP contribution < -0.4 is 0 Å². The molecule has 10 atom stereocenters. The lowest BCUT2D eigenvalue weighted by Gasteiger charge is -2.59. The van der Waals surface area contributed by atoms with E-state index in [1.165, 1.54) is 38.7 Å². The van der Waals surface area contributed by atoms with Crippen LogP contribution in [0.4, 0.5) is 8.78 Å². The quantitative estimate of drug-likeness (QED) is 0.488. The van der Waals surface area contributed by atoms with Gasteiger partial charge >= 0.3 is 0 Å². The maximum atomic E-state index is 14.2. The monoisotopic (exact) mass is 438 g/mol. The van der Waals surface area contributed by atoms with Gasteiger partial charge in [-0.1, -0.05) is 32.4 Å². The third-order valence-corrected chi connectivity index (χ3v) is 10.6. The molecule has 178 valence electrons. The first-order chi connectivity index (χ1) is 14.4. The second kappa shape index (κ2) is 8.08. The Kier molecular flexibility index (Phi) is 6.17. The lowest BCUT2D eigenvalue weighted by molar-refractivity contribution is -0.108. The van der Waals surface area contributed by atoms with Crippen molar-refractivity contribution in [3.8, 4) is 0 Å². The third-order valence-electron chi connectivity index (χ3n) is 10.6. The largest absolute Gasteiger partial charge is 0.393 e. The Bertz CT molecular complexity index is 700. The number of aliphatic hydroxyl groups is 2. The van der Waals surface area contributed by atoms with Gasteiger partial charge in [0.15, 0.2) is 0 Å². The zero-order chi connectivity index (χ0) is 22.8. The minimum atomic E-state index is -1.75. The summed E-state index contributed by atoms with van der Waals surface area (Å²) in [6.45, 7) is 9.68. The Morgan fingerprint density at radius 3 is 2.52 bits per heavy atom. The summed E-state index contributed by atoms with van der Waals surface area (Å²) in [5.74, 6) is 2.71. The highest BCUT2D eigenvalue weighted by Gasteiger charge is 2.60. The van der Waals surface area contributed by atoms with Crippen LogP contribution in [0, 0.1) is 40.4 Å². The summed E-state index contributed by atoms with van der Waals surface area (Å²) < 4.78 is 28.2. The van der Waals surface area contributed by atoms with Gasteiger partial charge in [-0.25, -0.2) is 8.78 Å². The van der Waals surface area contributed by atoms with Crippen LogP contribution in [0.1, 0.15) is 92.4 Å². The van der Waals surface area contributed by atoms with Gasteiger partial charge in [0, 0.05) is 11.8 Å². The van der Waals surface area contributed by atoms with Crippen molar-refractivity contribution in [3.63, 3.8) is 0 Å². The topological polar surface area (TPSA) is 40.5 Å². The maximum Gasteiger partial charge on any atom is 0.136 e. The molecule has 2 nitrogen and oxygen atoms in total. The SMILES string of the molecule is C[C@H](CCC(F)C(C)(C)F)[C@H]1CC[C@H]2[C@@H]3CC=C4C[C@@H](O)C[C@H](O)[C@]4(C)[C@H]3CC[C@]12C. The first kappa shape index (κ1) is 23.7. The van der Waals surface area contributed by atoms with Crippen molar-refractivity contribution < 1.29 is 19.0 Å². The smallest absolute Gasteiger partial charge is 0.136 e. The molecule has 0 heterocycles. The Morgan fingerprint density at radius 1 is 1.13 bits per heavy atom. The molecule has 0 bridgehead atoms. The summed E-state index contributed by atoms with van der Waals surface area (Å²) in [5, 5.41) is 21.2. The van der Waals surface area contributed by atoms with Gasteiger partial charge in [-0.15, -0.1) is 0 Å². The summed E-state index contributed by atoms with van der Waals surface area (Å²) >= 11 is 0. The number of rotatable bonds is 5. The van der Waals surface area contributed by atoms with E-state index in [-0.39, 0.29) is 10.8 Å². The number of aliphatic hydroxyl groups excluding tert-OH is 2. The predicted molar refractivity (Wildman–Crippen MR) is 121 cm³/mol. The zero-order valence-corrected chi connectivity index (χ0v) is 20.2. The molecule has 0 aromatic heterocycles. The van der Waals surface area contributed by atoms with E-state index in [0.717, 1.165) is 19.3 Å². The van der Waals surface area contributed by atoms with Crippen LogP contribution in [0.2, 0.25) is 0 Å². The fraction of sp³-hybridized carbons (Fsp3) is 0.926. The number of hydrogen-bond donors (Lipinski definition) is 2. The molecule has 0 aliphatic heterocycles. The van der Waals surface area contributed by atoms with Gasteiger partial charge in [0.25, 0.3) is 0 Å². The van der Waals surface area contributed by atoms with Gasteiger partial charge in [-0.05, 0) is 100 Å². The molecule has 4 heteroatoms. The van der Waals surface area contributed by atoms with Crippen molar-refractivity contribution in [3.05, 3.63) is 11.6 Å². The van der Waals surface area contributed by atoms with Crippen molar-refractivity contribution >= 4 is 0 Å². The van der Waals surface area contributed by atoms with Crippen LogP contribution in [-0.4, -0.2) is 34.3 Å². The number of hydrogen-bond acceptors (Lipinski definition) is 2. The highest BCUT2D eigenvalue weighted by molar-refractivity contribution is 5.27. The molecule has 0 spiro atoms. The molecule has 31 heavy (non-hydrogen) atoms. The van der Waals surface area contributed by atoms with Gasteiger partial charge < -0.3 is 10.2 Å². The average Bonchev–Trinajstić information content (AvgIpc) is 3.03. The summed E-state index contributed by atoms with van der Waals surface area (Å²) in [6.07, 6.45) is 8.15. The number of halogens is 2. The van der Waals surface area contributed by atoms with Crippen LogP contribution in [0.3, 0.4) is 0 Å². The maximum absolute atomic E-state index is 14.2. The van der Waals surface area contributed by atoms with Crippen molar-refractivity contribution in [2.45, 2.75) is 116 Å². The predicted octanol–water partition coefficient (Wildman–Crippen LogP) is 6.40. The Hall–Kier alpha value is -0.480. The molecule has 2 N–H and O–H groups in total. The summed E-state index contributed by atoms with van der Waals surface area (Å²) in [7, 11) is 0. The Labute approximate surface area is 187 Å². The van der Waals surface area contributed by atoms with Crippen molar-refractivity contribution in [2.75, 3.05) is 0 Å². The highest BCUT2D eigenvalue weighted by Crippen LogP contribution is 2.67. The van der Waals surface area contributed by atoms with Crippen LogP contribution in [0.5, 0.6) is 0 Å². The normalized spacial score (nSPS) is 47.1. The fourth-order valence-corrected chi connectivity index (χ4v) is 8.63. The lowest BCUT2D eigenvalue weighted by atomic mass is 9.46. The first-order valence-corrected chi connectivity index (χ1v) is 12.8. The first-order valence-electron chi connectivity index (χ1n) is 12.8. The molecule has 3 saturated carbocycles. The van der Waals surface area contributed by atoms with E-state index in [9.17, 15) is 19.0 Å². The van der Waals surface area contributed by atoms with E-state index in [1.807, 2.05) is 0 Å². The summed E-state index contributed by atoms with van der Waals surface area (Å²) in [4.78, 5) is 0. The minimum absolute atomic E-state index is 0.193. The fourth-order valence-electron chi connectivity index (χ4n) is 8.63. The van der Waals surface area contributed by atoms with Crippen molar-refractivity contribution in [1.29, 1.82) is 0 Å². The van der Waals surface area contributed by atoms with E-state index >= 15 is 0 Å². The molecule has 3 fully saturated rings. The van der Waals surface area contributed by atoms with Gasteiger partial charge in [0.05, 0.1) is 12.2 Å². The Balaban J connectivity index is 1.50. The number of fused-ring (bicyclic) bond motifs is 5. The van der Waals surface area contributed by atoms with Crippen LogP contribution in [0.15, 0.2) is 11.6 Å². The second-order valence-corrected chi connectivity index (χ2v) is 12.5. The zero-order valence-electron chi connectivity index (χ0n) is 20.2. The van der Waals surface area contributed by atoms with E-state index in [4.69, 9.17) is 0 Å². The van der Waals surface area contributed by atoms with E-state index in [1.54, 1.807) is 0 Å². The third kappa shape index (κ3) is 3.82. The molecule has 4 aliphatic rings. The molecule has 0 saturated heterocycles. The molecule has 0 amide bonds. The summed E-state index contributed by atoms with van der Waals surface area (Å²) in [6, 6.07) is 0. The van der Waals surface area contributed by atoms with Crippen LogP contribution in [-0.2, 0) is 0 Å². The number of allylic oxidation sites excluding steroid dienone is 1. The molecule has 0 aromatic rings. The second-order valence-electron chi connectivity index (χ2n) is 12.5.